The van der Waals surface area contributed by atoms with Crippen molar-refractivity contribution in [3.05, 3.63) is 83.4 Å². The number of hydrogen-bond acceptors (Lipinski definition) is 5. The molecule has 0 saturated heterocycles. The molecule has 2 aromatic carbocycles. The second kappa shape index (κ2) is 10.2. The van der Waals surface area contributed by atoms with Gasteiger partial charge in [-0.05, 0) is 54.3 Å². The number of anilines is 1. The molecule has 3 aromatic rings. The van der Waals surface area contributed by atoms with E-state index in [1.807, 2.05) is 24.3 Å². The van der Waals surface area contributed by atoms with Gasteiger partial charge < -0.3 is 15.4 Å². The van der Waals surface area contributed by atoms with Gasteiger partial charge in [0, 0.05) is 19.3 Å². The molecule has 0 radical (unpaired) electrons. The van der Waals surface area contributed by atoms with Crippen LogP contribution in [0.5, 0.6) is 5.75 Å². The smallest absolute Gasteiger partial charge is 0.270 e. The molecule has 0 fully saturated rings. The first-order valence-corrected chi connectivity index (χ1v) is 9.36. The molecular formula is C22H23FN4O2. The van der Waals surface area contributed by atoms with E-state index in [4.69, 9.17) is 4.74 Å². The van der Waals surface area contributed by atoms with Crippen LogP contribution in [0.15, 0.2) is 60.8 Å². The maximum absolute atomic E-state index is 12.9. The monoisotopic (exact) mass is 394 g/mol. The Hall–Kier alpha value is -3.48. The van der Waals surface area contributed by atoms with Crippen LogP contribution in [-0.2, 0) is 12.8 Å². The summed E-state index contributed by atoms with van der Waals surface area (Å²) in [6.45, 7) is 1.07. The van der Waals surface area contributed by atoms with Crippen molar-refractivity contribution in [2.45, 2.75) is 12.8 Å². The quantitative estimate of drug-likeness (QED) is 0.583. The van der Waals surface area contributed by atoms with Crippen LogP contribution in [0.4, 0.5) is 10.3 Å². The van der Waals surface area contributed by atoms with Crippen molar-refractivity contribution in [3.63, 3.8) is 0 Å². The van der Waals surface area contributed by atoms with Crippen molar-refractivity contribution in [1.29, 1.82) is 0 Å². The summed E-state index contributed by atoms with van der Waals surface area (Å²) < 4.78 is 18.1. The Morgan fingerprint density at radius 2 is 1.83 bits per heavy atom. The topological polar surface area (TPSA) is 76.1 Å². The number of carbonyl (C=O) groups excluding carboxylic acids is 1. The average Bonchev–Trinajstić information content (AvgIpc) is 2.75. The first kappa shape index (κ1) is 20.3. The third-order valence-electron chi connectivity index (χ3n) is 4.33. The van der Waals surface area contributed by atoms with Crippen molar-refractivity contribution in [2.75, 3.05) is 25.5 Å². The molecule has 0 aliphatic carbocycles. The number of carbonyl (C=O) groups is 1. The maximum atomic E-state index is 12.9. The van der Waals surface area contributed by atoms with E-state index >= 15 is 0 Å². The van der Waals surface area contributed by atoms with E-state index in [0.717, 1.165) is 16.9 Å². The van der Waals surface area contributed by atoms with Gasteiger partial charge in [0.05, 0.1) is 7.11 Å². The minimum Gasteiger partial charge on any atom is -0.497 e. The first-order valence-electron chi connectivity index (χ1n) is 9.36. The minimum absolute atomic E-state index is 0.253. The number of halogens is 1. The Morgan fingerprint density at radius 3 is 2.62 bits per heavy atom. The number of nitrogens with one attached hydrogen (secondary N) is 2. The Kier molecular flexibility index (Phi) is 7.10. The second-order valence-corrected chi connectivity index (χ2v) is 6.43. The molecule has 1 aromatic heterocycles. The van der Waals surface area contributed by atoms with Crippen molar-refractivity contribution in [1.82, 2.24) is 15.3 Å². The highest BCUT2D eigenvalue weighted by Gasteiger charge is 2.08. The molecule has 2 N–H and O–H groups in total. The molecule has 29 heavy (non-hydrogen) atoms. The van der Waals surface area contributed by atoms with Crippen LogP contribution in [0.1, 0.15) is 21.6 Å². The van der Waals surface area contributed by atoms with E-state index in [0.29, 0.717) is 37.6 Å². The summed E-state index contributed by atoms with van der Waals surface area (Å²) in [5.74, 6) is 0.667. The summed E-state index contributed by atoms with van der Waals surface area (Å²) in [6, 6.07) is 15.7. The highest BCUT2D eigenvalue weighted by molar-refractivity contribution is 5.92. The Morgan fingerprint density at radius 1 is 1.03 bits per heavy atom. The van der Waals surface area contributed by atoms with Crippen molar-refractivity contribution in [2.24, 2.45) is 0 Å². The summed E-state index contributed by atoms with van der Waals surface area (Å²) >= 11 is 0. The maximum Gasteiger partial charge on any atom is 0.270 e. The van der Waals surface area contributed by atoms with Gasteiger partial charge in [-0.2, -0.15) is 0 Å². The number of nitrogens with zero attached hydrogens (tertiary/aromatic N) is 2. The number of hydrogen-bond donors (Lipinski definition) is 2. The number of aromatic nitrogens is 2. The van der Waals surface area contributed by atoms with Crippen LogP contribution >= 0.6 is 0 Å². The molecule has 0 aliphatic rings. The number of rotatable bonds is 9. The normalized spacial score (nSPS) is 10.4. The molecule has 0 bridgehead atoms. The van der Waals surface area contributed by atoms with Gasteiger partial charge >= 0.3 is 0 Å². The van der Waals surface area contributed by atoms with Crippen LogP contribution in [0.2, 0.25) is 0 Å². The Balaban J connectivity index is 1.47. The summed E-state index contributed by atoms with van der Waals surface area (Å²) in [6.07, 6.45) is 2.93. The predicted molar refractivity (Wildman–Crippen MR) is 110 cm³/mol. The lowest BCUT2D eigenvalue weighted by molar-refractivity contribution is 0.0949. The van der Waals surface area contributed by atoms with E-state index in [2.05, 4.69) is 20.6 Å². The molecule has 3 rings (SSSR count). The van der Waals surface area contributed by atoms with E-state index in [-0.39, 0.29) is 11.7 Å². The summed E-state index contributed by atoms with van der Waals surface area (Å²) in [5.41, 5.74) is 2.38. The van der Waals surface area contributed by atoms with E-state index < -0.39 is 0 Å². The molecule has 7 heteroatoms. The fourth-order valence-corrected chi connectivity index (χ4v) is 2.78. The van der Waals surface area contributed by atoms with Gasteiger partial charge in [0.1, 0.15) is 17.3 Å². The van der Waals surface area contributed by atoms with Gasteiger partial charge in [0.25, 0.3) is 5.91 Å². The lowest BCUT2D eigenvalue weighted by Crippen LogP contribution is -2.27. The van der Waals surface area contributed by atoms with E-state index in [1.54, 1.807) is 31.5 Å². The van der Waals surface area contributed by atoms with Gasteiger partial charge in [-0.15, -0.1) is 0 Å². The fraction of sp³-hybridized carbons (Fsp3) is 0.227. The summed E-state index contributed by atoms with van der Waals surface area (Å²) in [5, 5.41) is 5.95. The average molecular weight is 394 g/mol. The van der Waals surface area contributed by atoms with Crippen molar-refractivity contribution in [3.8, 4) is 5.75 Å². The number of benzene rings is 2. The third-order valence-corrected chi connectivity index (χ3v) is 4.33. The minimum atomic E-state index is -0.254. The standard InChI is InChI=1S/C22H23FN4O2/c1-29-19-4-2-3-17(15-19)10-12-24-21(28)20-11-14-26-22(27-20)25-13-9-16-5-7-18(23)8-6-16/h2-8,11,14-15H,9-10,12-13H2,1H3,(H,24,28)(H,25,26,27). The molecular weight excluding hydrogens is 371 g/mol. The van der Waals surface area contributed by atoms with Crippen molar-refractivity contribution < 1.29 is 13.9 Å². The first-order chi connectivity index (χ1) is 14.1. The zero-order chi connectivity index (χ0) is 20.5. The van der Waals surface area contributed by atoms with Gasteiger partial charge in [0.15, 0.2) is 0 Å². The second-order valence-electron chi connectivity index (χ2n) is 6.43. The molecule has 0 spiro atoms. The lowest BCUT2D eigenvalue weighted by Gasteiger charge is -2.08. The van der Waals surface area contributed by atoms with Crippen LogP contribution in [0, 0.1) is 5.82 Å². The van der Waals surface area contributed by atoms with Crippen molar-refractivity contribution >= 4 is 11.9 Å². The molecule has 0 atom stereocenters. The summed E-state index contributed by atoms with van der Waals surface area (Å²) in [4.78, 5) is 20.7. The number of amides is 1. The highest BCUT2D eigenvalue weighted by Crippen LogP contribution is 2.12. The van der Waals surface area contributed by atoms with Crippen LogP contribution in [-0.4, -0.2) is 36.1 Å². The molecule has 6 nitrogen and oxygen atoms in total. The van der Waals surface area contributed by atoms with Gasteiger partial charge in [0.2, 0.25) is 5.95 Å². The number of methoxy groups -OCH3 is 1. The molecule has 150 valence electrons. The largest absolute Gasteiger partial charge is 0.497 e. The molecule has 1 amide bonds. The van der Waals surface area contributed by atoms with Gasteiger partial charge in [-0.1, -0.05) is 24.3 Å². The lowest BCUT2D eigenvalue weighted by atomic mass is 10.1. The fourth-order valence-electron chi connectivity index (χ4n) is 2.78. The van der Waals surface area contributed by atoms with Gasteiger partial charge in [-0.3, -0.25) is 4.79 Å². The van der Waals surface area contributed by atoms with Crippen LogP contribution < -0.4 is 15.4 Å². The SMILES string of the molecule is COc1cccc(CCNC(=O)c2ccnc(NCCc3ccc(F)cc3)n2)c1. The third kappa shape index (κ3) is 6.27. The zero-order valence-electron chi connectivity index (χ0n) is 16.2. The predicted octanol–water partition coefficient (Wildman–Crippen LogP) is 3.25. The number of ether oxygens (including phenoxy) is 1. The van der Waals surface area contributed by atoms with Crippen LogP contribution in [0.25, 0.3) is 0 Å². The molecule has 1 heterocycles. The zero-order valence-corrected chi connectivity index (χ0v) is 16.2. The molecule has 0 saturated carbocycles. The molecule has 0 unspecified atom stereocenters. The van der Waals surface area contributed by atoms with Gasteiger partial charge in [-0.25, -0.2) is 14.4 Å². The molecule has 0 aliphatic heterocycles. The van der Waals surface area contributed by atoms with Crippen LogP contribution in [0.3, 0.4) is 0 Å². The van der Waals surface area contributed by atoms with E-state index in [1.165, 1.54) is 12.1 Å². The van der Waals surface area contributed by atoms with E-state index in [9.17, 15) is 9.18 Å². The Bertz CT molecular complexity index is 948. The highest BCUT2D eigenvalue weighted by atomic mass is 19.1. The Labute approximate surface area is 169 Å². The summed E-state index contributed by atoms with van der Waals surface area (Å²) in [7, 11) is 1.63.